The van der Waals surface area contributed by atoms with Crippen LogP contribution in [-0.4, -0.2) is 44.0 Å². The minimum absolute atomic E-state index is 0. The highest BCUT2D eigenvalue weighted by Crippen LogP contribution is 2.27. The van der Waals surface area contributed by atoms with Gasteiger partial charge < -0.3 is 16.0 Å². The summed E-state index contributed by atoms with van der Waals surface area (Å²) in [7, 11) is 4.21. The SMILES string of the molecule is CN(C)C(CNC(=O)CCN)C1CCCCC1.Cl.Cl. The molecule has 0 aromatic heterocycles. The Bertz CT molecular complexity index is 234. The Morgan fingerprint density at radius 1 is 1.26 bits per heavy atom. The number of likely N-dealkylation sites (N-methyl/N-ethyl adjacent to an activating group) is 1. The lowest BCUT2D eigenvalue weighted by molar-refractivity contribution is -0.121. The van der Waals surface area contributed by atoms with E-state index in [2.05, 4.69) is 24.3 Å². The van der Waals surface area contributed by atoms with Crippen molar-refractivity contribution < 1.29 is 4.79 Å². The zero-order valence-electron chi connectivity index (χ0n) is 12.1. The van der Waals surface area contributed by atoms with Crippen LogP contribution in [0.5, 0.6) is 0 Å². The molecular formula is C13H29Cl2N3O. The van der Waals surface area contributed by atoms with Gasteiger partial charge in [0.2, 0.25) is 5.91 Å². The molecule has 0 spiro atoms. The molecule has 0 bridgehead atoms. The summed E-state index contributed by atoms with van der Waals surface area (Å²) in [5.74, 6) is 0.812. The van der Waals surface area contributed by atoms with E-state index < -0.39 is 0 Å². The summed E-state index contributed by atoms with van der Waals surface area (Å²) in [6.07, 6.45) is 7.09. The van der Waals surface area contributed by atoms with Gasteiger partial charge in [0.05, 0.1) is 0 Å². The topological polar surface area (TPSA) is 58.4 Å². The molecule has 1 amide bonds. The monoisotopic (exact) mass is 313 g/mol. The largest absolute Gasteiger partial charge is 0.354 e. The zero-order valence-corrected chi connectivity index (χ0v) is 13.7. The van der Waals surface area contributed by atoms with E-state index in [1.807, 2.05) is 0 Å². The van der Waals surface area contributed by atoms with E-state index in [1.165, 1.54) is 32.1 Å². The summed E-state index contributed by atoms with van der Waals surface area (Å²) < 4.78 is 0. The molecule has 4 nitrogen and oxygen atoms in total. The molecule has 19 heavy (non-hydrogen) atoms. The molecule has 0 saturated heterocycles. The highest BCUT2D eigenvalue weighted by molar-refractivity contribution is 5.85. The third-order valence-electron chi connectivity index (χ3n) is 3.74. The number of hydrogen-bond acceptors (Lipinski definition) is 3. The van der Waals surface area contributed by atoms with E-state index in [-0.39, 0.29) is 30.7 Å². The Hall–Kier alpha value is -0.0300. The highest BCUT2D eigenvalue weighted by Gasteiger charge is 2.25. The van der Waals surface area contributed by atoms with Gasteiger partial charge in [0.25, 0.3) is 0 Å². The van der Waals surface area contributed by atoms with Crippen LogP contribution >= 0.6 is 24.8 Å². The number of nitrogens with one attached hydrogen (secondary N) is 1. The average molecular weight is 314 g/mol. The molecule has 6 heteroatoms. The number of amides is 1. The van der Waals surface area contributed by atoms with Crippen LogP contribution in [-0.2, 0) is 4.79 Å². The maximum atomic E-state index is 11.4. The molecule has 0 heterocycles. The van der Waals surface area contributed by atoms with E-state index in [1.54, 1.807) is 0 Å². The summed E-state index contributed by atoms with van der Waals surface area (Å²) in [4.78, 5) is 13.7. The third kappa shape index (κ3) is 7.98. The minimum atomic E-state index is 0. The first-order chi connectivity index (χ1) is 8.15. The van der Waals surface area contributed by atoms with Crippen LogP contribution in [0.4, 0.5) is 0 Å². The van der Waals surface area contributed by atoms with Crippen molar-refractivity contribution in [3.63, 3.8) is 0 Å². The first-order valence-corrected chi connectivity index (χ1v) is 6.78. The second-order valence-corrected chi connectivity index (χ2v) is 5.27. The zero-order chi connectivity index (χ0) is 12.7. The Balaban J connectivity index is 0. The van der Waals surface area contributed by atoms with Gasteiger partial charge in [0, 0.05) is 25.6 Å². The van der Waals surface area contributed by atoms with Crippen LogP contribution in [0.15, 0.2) is 0 Å². The molecule has 1 aliphatic rings. The molecule has 0 aliphatic heterocycles. The second-order valence-electron chi connectivity index (χ2n) is 5.27. The second kappa shape index (κ2) is 11.8. The molecule has 1 rings (SSSR count). The molecule has 116 valence electrons. The molecule has 1 unspecified atom stereocenters. The van der Waals surface area contributed by atoms with Crippen LogP contribution in [0.2, 0.25) is 0 Å². The van der Waals surface area contributed by atoms with Gasteiger partial charge in [0.15, 0.2) is 0 Å². The van der Waals surface area contributed by atoms with Crippen molar-refractivity contribution in [2.75, 3.05) is 27.2 Å². The average Bonchev–Trinajstić information content (AvgIpc) is 2.30. The number of carbonyl (C=O) groups excluding carboxylic acids is 1. The van der Waals surface area contributed by atoms with E-state index >= 15 is 0 Å². The highest BCUT2D eigenvalue weighted by atomic mass is 35.5. The van der Waals surface area contributed by atoms with Gasteiger partial charge in [-0.3, -0.25) is 4.79 Å². The van der Waals surface area contributed by atoms with Gasteiger partial charge >= 0.3 is 0 Å². The van der Waals surface area contributed by atoms with E-state index in [4.69, 9.17) is 5.73 Å². The Morgan fingerprint density at radius 3 is 2.32 bits per heavy atom. The van der Waals surface area contributed by atoms with Gasteiger partial charge in [-0.25, -0.2) is 0 Å². The Morgan fingerprint density at radius 2 is 1.84 bits per heavy atom. The molecular weight excluding hydrogens is 285 g/mol. The van der Waals surface area contributed by atoms with Crippen LogP contribution < -0.4 is 11.1 Å². The lowest BCUT2D eigenvalue weighted by Gasteiger charge is -2.35. The predicted molar refractivity (Wildman–Crippen MR) is 85.2 cm³/mol. The summed E-state index contributed by atoms with van der Waals surface area (Å²) >= 11 is 0. The van der Waals surface area contributed by atoms with Crippen molar-refractivity contribution in [3.8, 4) is 0 Å². The lowest BCUT2D eigenvalue weighted by Crippen LogP contribution is -2.45. The van der Waals surface area contributed by atoms with Gasteiger partial charge in [-0.05, 0) is 32.9 Å². The number of halogens is 2. The Labute approximate surface area is 129 Å². The molecule has 1 aliphatic carbocycles. The smallest absolute Gasteiger partial charge is 0.221 e. The normalized spacial score (nSPS) is 17.3. The van der Waals surface area contributed by atoms with Crippen LogP contribution in [0.3, 0.4) is 0 Å². The predicted octanol–water partition coefficient (Wildman–Crippen LogP) is 1.81. The molecule has 0 aromatic rings. The maximum absolute atomic E-state index is 11.4. The summed E-state index contributed by atoms with van der Waals surface area (Å²) in [5.41, 5.74) is 5.37. The number of nitrogens with two attached hydrogens (primary N) is 1. The number of hydrogen-bond donors (Lipinski definition) is 2. The molecule has 1 saturated carbocycles. The van der Waals surface area contributed by atoms with Crippen molar-refractivity contribution in [1.82, 2.24) is 10.2 Å². The summed E-state index contributed by atoms with van der Waals surface area (Å²) in [6, 6.07) is 0.469. The van der Waals surface area contributed by atoms with Crippen molar-refractivity contribution >= 4 is 30.7 Å². The first kappa shape index (κ1) is 21.3. The van der Waals surface area contributed by atoms with Crippen molar-refractivity contribution in [1.29, 1.82) is 0 Å². The quantitative estimate of drug-likeness (QED) is 0.786. The van der Waals surface area contributed by atoms with E-state index in [0.29, 0.717) is 19.0 Å². The van der Waals surface area contributed by atoms with Crippen molar-refractivity contribution in [3.05, 3.63) is 0 Å². The van der Waals surface area contributed by atoms with Gasteiger partial charge in [-0.1, -0.05) is 19.3 Å². The van der Waals surface area contributed by atoms with Gasteiger partial charge in [0.1, 0.15) is 0 Å². The third-order valence-corrected chi connectivity index (χ3v) is 3.74. The molecule has 1 fully saturated rings. The molecule has 0 aromatic carbocycles. The van der Waals surface area contributed by atoms with Gasteiger partial charge in [-0.2, -0.15) is 0 Å². The fourth-order valence-corrected chi connectivity index (χ4v) is 2.73. The van der Waals surface area contributed by atoms with Crippen LogP contribution in [0, 0.1) is 5.92 Å². The minimum Gasteiger partial charge on any atom is -0.354 e. The fraction of sp³-hybridized carbons (Fsp3) is 0.923. The van der Waals surface area contributed by atoms with E-state index in [0.717, 1.165) is 12.5 Å². The number of carbonyl (C=O) groups is 1. The van der Waals surface area contributed by atoms with Gasteiger partial charge in [-0.15, -0.1) is 24.8 Å². The Kier molecular flexibility index (Phi) is 13.2. The first-order valence-electron chi connectivity index (χ1n) is 6.78. The van der Waals surface area contributed by atoms with Crippen molar-refractivity contribution in [2.24, 2.45) is 11.7 Å². The lowest BCUT2D eigenvalue weighted by atomic mass is 9.83. The summed E-state index contributed by atoms with van der Waals surface area (Å²) in [6.45, 7) is 1.19. The molecule has 1 atom stereocenters. The standard InChI is InChI=1S/C13H27N3O.2ClH/c1-16(2)12(10-15-13(17)8-9-14)11-6-4-3-5-7-11;;/h11-12H,3-10,14H2,1-2H3,(H,15,17);2*1H. The summed E-state index contributed by atoms with van der Waals surface area (Å²) in [5, 5.41) is 3.00. The van der Waals surface area contributed by atoms with E-state index in [9.17, 15) is 4.79 Å². The van der Waals surface area contributed by atoms with Crippen LogP contribution in [0.25, 0.3) is 0 Å². The van der Waals surface area contributed by atoms with Crippen molar-refractivity contribution in [2.45, 2.75) is 44.6 Å². The maximum Gasteiger partial charge on any atom is 0.221 e. The fourth-order valence-electron chi connectivity index (χ4n) is 2.73. The van der Waals surface area contributed by atoms with Crippen LogP contribution in [0.1, 0.15) is 38.5 Å². The number of nitrogens with zero attached hydrogens (tertiary/aromatic N) is 1. The molecule has 0 radical (unpaired) electrons. The molecule has 3 N–H and O–H groups in total. The number of rotatable bonds is 6.